The number of nitrogens with one attached hydrogen (secondary N) is 1. The first-order valence-corrected chi connectivity index (χ1v) is 5.04. The van der Waals surface area contributed by atoms with Crippen LogP contribution >= 0.6 is 0 Å². The molecule has 0 fully saturated rings. The molecule has 2 heterocycles. The van der Waals surface area contributed by atoms with Gasteiger partial charge >= 0.3 is 0 Å². The van der Waals surface area contributed by atoms with Crippen molar-refractivity contribution in [3.8, 4) is 0 Å². The zero-order valence-corrected chi connectivity index (χ0v) is 9.25. The molecule has 0 aliphatic heterocycles. The third kappa shape index (κ3) is 1.87. The van der Waals surface area contributed by atoms with Crippen LogP contribution in [0.3, 0.4) is 0 Å². The van der Waals surface area contributed by atoms with Crippen molar-refractivity contribution in [2.24, 2.45) is 10.8 Å². The van der Waals surface area contributed by atoms with Gasteiger partial charge in [-0.1, -0.05) is 0 Å². The lowest BCUT2D eigenvalue weighted by molar-refractivity contribution is 0.821. The zero-order valence-electron chi connectivity index (χ0n) is 9.25. The fourth-order valence-electron chi connectivity index (χ4n) is 1.46. The van der Waals surface area contributed by atoms with Gasteiger partial charge in [0.2, 0.25) is 0 Å². The van der Waals surface area contributed by atoms with Crippen LogP contribution in [-0.4, -0.2) is 26.5 Å². The van der Waals surface area contributed by atoms with E-state index in [1.807, 2.05) is 13.8 Å². The topological polar surface area (TPSA) is 80.6 Å². The highest BCUT2D eigenvalue weighted by Crippen LogP contribution is 2.09. The molecule has 84 valence electrons. The summed E-state index contributed by atoms with van der Waals surface area (Å²) in [7, 11) is 0. The Morgan fingerprint density at radius 3 is 3.00 bits per heavy atom. The first kappa shape index (κ1) is 10.6. The second kappa shape index (κ2) is 4.28. The molecule has 16 heavy (non-hydrogen) atoms. The summed E-state index contributed by atoms with van der Waals surface area (Å²) in [6.45, 7) is 3.97. The van der Waals surface area contributed by atoms with Crippen LogP contribution in [0.4, 0.5) is 0 Å². The normalized spacial score (nSPS) is 12.4. The van der Waals surface area contributed by atoms with Crippen molar-refractivity contribution >= 4 is 11.4 Å². The number of hydrazine groups is 1. The van der Waals surface area contributed by atoms with Crippen molar-refractivity contribution in [3.63, 3.8) is 0 Å². The lowest BCUT2D eigenvalue weighted by Gasteiger charge is -2.05. The van der Waals surface area contributed by atoms with Gasteiger partial charge in [0.25, 0.3) is 0 Å². The molecule has 2 rings (SSSR count). The van der Waals surface area contributed by atoms with E-state index in [2.05, 4.69) is 20.5 Å². The smallest absolute Gasteiger partial charge is 0.146 e. The van der Waals surface area contributed by atoms with E-state index < -0.39 is 0 Å². The van der Waals surface area contributed by atoms with Gasteiger partial charge in [-0.2, -0.15) is 5.10 Å². The average Bonchev–Trinajstić information content (AvgIpc) is 2.69. The summed E-state index contributed by atoms with van der Waals surface area (Å²) in [5.74, 6) is 6.09. The van der Waals surface area contributed by atoms with Crippen LogP contribution in [0.2, 0.25) is 0 Å². The van der Waals surface area contributed by atoms with Crippen LogP contribution < -0.4 is 11.3 Å². The van der Waals surface area contributed by atoms with Crippen molar-refractivity contribution in [1.82, 2.24) is 20.0 Å². The van der Waals surface area contributed by atoms with Gasteiger partial charge in [0, 0.05) is 18.4 Å². The maximum Gasteiger partial charge on any atom is 0.146 e. The number of fused-ring (bicyclic) bond motifs is 1. The number of hydrogen-bond acceptors (Lipinski definition) is 4. The van der Waals surface area contributed by atoms with Crippen molar-refractivity contribution in [3.05, 3.63) is 30.4 Å². The molecule has 3 N–H and O–H groups in total. The Labute approximate surface area is 93.2 Å². The number of nitrogens with zero attached hydrogens (tertiary/aromatic N) is 4. The Hall–Kier alpha value is -1.95. The monoisotopic (exact) mass is 218 g/mol. The molecule has 0 unspecified atom stereocenters. The molecule has 2 aromatic heterocycles. The molecule has 0 aromatic carbocycles. The van der Waals surface area contributed by atoms with Gasteiger partial charge in [-0.25, -0.2) is 10.4 Å². The van der Waals surface area contributed by atoms with E-state index in [0.717, 1.165) is 11.1 Å². The van der Waals surface area contributed by atoms with Gasteiger partial charge in [0.05, 0.1) is 23.5 Å². The van der Waals surface area contributed by atoms with E-state index >= 15 is 0 Å². The fourth-order valence-corrected chi connectivity index (χ4v) is 1.46. The van der Waals surface area contributed by atoms with Crippen molar-refractivity contribution in [2.75, 3.05) is 0 Å². The summed E-state index contributed by atoms with van der Waals surface area (Å²) in [5, 5.41) is 4.20. The predicted octanol–water partition coefficient (Wildman–Crippen LogP) is 0.348. The van der Waals surface area contributed by atoms with E-state index in [-0.39, 0.29) is 6.04 Å². The molecule has 0 bridgehead atoms. The molecule has 6 nitrogen and oxygen atoms in total. The Balaban J connectivity index is 2.54. The van der Waals surface area contributed by atoms with Crippen LogP contribution in [0.15, 0.2) is 29.8 Å². The first-order valence-electron chi connectivity index (χ1n) is 5.04. The minimum Gasteiger partial charge on any atom is -0.308 e. The highest BCUT2D eigenvalue weighted by atomic mass is 15.3. The number of hydrogen-bond donors (Lipinski definition) is 2. The number of rotatable bonds is 2. The van der Waals surface area contributed by atoms with Crippen LogP contribution in [0.1, 0.15) is 19.4 Å². The summed E-state index contributed by atoms with van der Waals surface area (Å²) < 4.78 is 1.73. The third-order valence-corrected chi connectivity index (χ3v) is 2.10. The second-order valence-corrected chi connectivity index (χ2v) is 3.68. The quantitative estimate of drug-likeness (QED) is 0.330. The van der Waals surface area contributed by atoms with Crippen LogP contribution in [0.25, 0.3) is 5.52 Å². The summed E-state index contributed by atoms with van der Waals surface area (Å²) in [4.78, 5) is 8.44. The molecule has 0 aliphatic rings. The van der Waals surface area contributed by atoms with Gasteiger partial charge in [-0.3, -0.25) is 9.98 Å². The van der Waals surface area contributed by atoms with Crippen LogP contribution in [-0.2, 0) is 0 Å². The van der Waals surface area contributed by atoms with E-state index in [1.54, 1.807) is 29.3 Å². The summed E-state index contributed by atoms with van der Waals surface area (Å²) in [6, 6.07) is 0.165. The molecule has 0 atom stereocenters. The van der Waals surface area contributed by atoms with Gasteiger partial charge in [0.1, 0.15) is 5.84 Å². The molecule has 0 saturated carbocycles. The molecule has 0 saturated heterocycles. The summed E-state index contributed by atoms with van der Waals surface area (Å²) in [6.07, 6.45) is 6.91. The van der Waals surface area contributed by atoms with E-state index in [1.165, 1.54) is 0 Å². The second-order valence-electron chi connectivity index (χ2n) is 3.68. The van der Waals surface area contributed by atoms with E-state index in [9.17, 15) is 0 Å². The Morgan fingerprint density at radius 2 is 2.31 bits per heavy atom. The minimum absolute atomic E-state index is 0.165. The van der Waals surface area contributed by atoms with Crippen LogP contribution in [0.5, 0.6) is 0 Å². The highest BCUT2D eigenvalue weighted by molar-refractivity contribution is 6.04. The Morgan fingerprint density at radius 1 is 1.50 bits per heavy atom. The highest BCUT2D eigenvalue weighted by Gasteiger charge is 2.09. The van der Waals surface area contributed by atoms with Crippen molar-refractivity contribution in [2.45, 2.75) is 19.9 Å². The number of aromatic nitrogens is 3. The fraction of sp³-hybridized carbons (Fsp3) is 0.300. The largest absolute Gasteiger partial charge is 0.308 e. The SMILES string of the molecule is CC(C)N=C(NN)c1cnn2ccncc12. The molecule has 0 spiro atoms. The van der Waals surface area contributed by atoms with Crippen molar-refractivity contribution in [1.29, 1.82) is 0 Å². The summed E-state index contributed by atoms with van der Waals surface area (Å²) >= 11 is 0. The first-order chi connectivity index (χ1) is 7.72. The molecular weight excluding hydrogens is 204 g/mol. The molecule has 0 amide bonds. The van der Waals surface area contributed by atoms with Gasteiger partial charge in [-0.15, -0.1) is 0 Å². The van der Waals surface area contributed by atoms with Gasteiger partial charge < -0.3 is 5.43 Å². The standard InChI is InChI=1S/C10H14N6/c1-7(2)14-10(15-11)8-5-13-16-4-3-12-6-9(8)16/h3-7H,11H2,1-2H3,(H,14,15). The average molecular weight is 218 g/mol. The molecule has 0 radical (unpaired) electrons. The number of amidine groups is 1. The predicted molar refractivity (Wildman–Crippen MR) is 62.0 cm³/mol. The van der Waals surface area contributed by atoms with Crippen molar-refractivity contribution < 1.29 is 0 Å². The van der Waals surface area contributed by atoms with Crippen LogP contribution in [0, 0.1) is 0 Å². The van der Waals surface area contributed by atoms with Gasteiger partial charge in [0.15, 0.2) is 0 Å². The molecular formula is C10H14N6. The zero-order chi connectivity index (χ0) is 11.5. The number of nitrogens with two attached hydrogens (primary N) is 1. The Bertz CT molecular complexity index is 513. The number of aliphatic imine (C=N–C) groups is 1. The van der Waals surface area contributed by atoms with Gasteiger partial charge in [-0.05, 0) is 13.8 Å². The molecule has 0 aliphatic carbocycles. The molecule has 6 heteroatoms. The van der Waals surface area contributed by atoms with E-state index in [4.69, 9.17) is 5.84 Å². The lowest BCUT2D eigenvalue weighted by Crippen LogP contribution is -2.31. The lowest BCUT2D eigenvalue weighted by atomic mass is 10.2. The maximum absolute atomic E-state index is 5.47. The minimum atomic E-state index is 0.165. The maximum atomic E-state index is 5.47. The Kier molecular flexibility index (Phi) is 2.82. The third-order valence-electron chi connectivity index (χ3n) is 2.10. The molecule has 2 aromatic rings. The van der Waals surface area contributed by atoms with E-state index in [0.29, 0.717) is 5.84 Å². The summed E-state index contributed by atoms with van der Waals surface area (Å²) in [5.41, 5.74) is 4.32.